The normalized spacial score (nSPS) is 17.0. The molecule has 0 saturated carbocycles. The quantitative estimate of drug-likeness (QED) is 0.704. The van der Waals surface area contributed by atoms with E-state index in [1.807, 2.05) is 0 Å². The third-order valence-corrected chi connectivity index (χ3v) is 3.56. The molecule has 0 spiro atoms. The fraction of sp³-hybridized carbons (Fsp3) is 0.429. The molecule has 10 heteroatoms. The minimum absolute atomic E-state index is 0.0278. The number of halogens is 3. The zero-order valence-corrected chi connectivity index (χ0v) is 12.5. The lowest BCUT2D eigenvalue weighted by Crippen LogP contribution is -2.53. The van der Waals surface area contributed by atoms with E-state index in [4.69, 9.17) is 9.76 Å². The average molecular weight is 345 g/mol. The summed E-state index contributed by atoms with van der Waals surface area (Å²) in [5, 5.41) is 21.4. The van der Waals surface area contributed by atoms with Crippen LogP contribution in [0.4, 0.5) is 13.2 Å². The van der Waals surface area contributed by atoms with Crippen molar-refractivity contribution in [3.05, 3.63) is 29.3 Å². The van der Waals surface area contributed by atoms with Gasteiger partial charge in [-0.2, -0.15) is 13.2 Å². The molecule has 0 radical (unpaired) electrons. The van der Waals surface area contributed by atoms with E-state index in [1.54, 1.807) is 6.07 Å². The van der Waals surface area contributed by atoms with E-state index in [2.05, 4.69) is 5.32 Å². The number of hydrogen-bond acceptors (Lipinski definition) is 4. The first-order chi connectivity index (χ1) is 11.2. The SMILES string of the molecule is O=C(CCCC(F)(F)F)N[C@H]1Cc2cccc(C(=O)O)c2OB1O. The van der Waals surface area contributed by atoms with Crippen LogP contribution in [-0.4, -0.2) is 41.2 Å². The Morgan fingerprint density at radius 3 is 2.71 bits per heavy atom. The number of hydrogen-bond donors (Lipinski definition) is 3. The van der Waals surface area contributed by atoms with Crippen molar-refractivity contribution in [2.75, 3.05) is 0 Å². The smallest absolute Gasteiger partial charge is 0.534 e. The maximum Gasteiger partial charge on any atom is 0.547 e. The van der Waals surface area contributed by atoms with Crippen molar-refractivity contribution in [2.45, 2.75) is 37.8 Å². The van der Waals surface area contributed by atoms with Crippen molar-refractivity contribution in [1.82, 2.24) is 5.32 Å². The standard InChI is InChI=1S/C14H15BF3NO5/c16-14(17,18)6-2-5-11(20)19-10-7-8-3-1-4-9(13(21)22)12(8)24-15(10)23/h1,3-4,10,23H,2,5-7H2,(H,19,20)(H,21,22)/t10-/m0/s1. The molecular weight excluding hydrogens is 330 g/mol. The van der Waals surface area contributed by atoms with Crippen LogP contribution in [0.25, 0.3) is 0 Å². The van der Waals surface area contributed by atoms with Gasteiger partial charge in [-0.05, 0) is 24.5 Å². The predicted octanol–water partition coefficient (Wildman–Crippen LogP) is 1.56. The van der Waals surface area contributed by atoms with Crippen molar-refractivity contribution < 1.29 is 37.5 Å². The first-order valence-corrected chi connectivity index (χ1v) is 7.23. The summed E-state index contributed by atoms with van der Waals surface area (Å²) in [6.07, 6.45) is -5.94. The number of carbonyl (C=O) groups excluding carboxylic acids is 1. The molecule has 1 aromatic rings. The molecular formula is C14H15BF3NO5. The predicted molar refractivity (Wildman–Crippen MR) is 77.5 cm³/mol. The number of alkyl halides is 3. The lowest BCUT2D eigenvalue weighted by atomic mass is 9.72. The van der Waals surface area contributed by atoms with Gasteiger partial charge in [0, 0.05) is 12.8 Å². The lowest BCUT2D eigenvalue weighted by Gasteiger charge is -2.28. The summed E-state index contributed by atoms with van der Waals surface area (Å²) in [5.41, 5.74) is 0.377. The topological polar surface area (TPSA) is 95.9 Å². The molecule has 1 aromatic carbocycles. The van der Waals surface area contributed by atoms with Crippen molar-refractivity contribution in [1.29, 1.82) is 0 Å². The van der Waals surface area contributed by atoms with Crippen molar-refractivity contribution in [3.8, 4) is 5.75 Å². The number of rotatable bonds is 5. The summed E-state index contributed by atoms with van der Waals surface area (Å²) in [5.74, 6) is -2.68. The Morgan fingerprint density at radius 2 is 2.08 bits per heavy atom. The number of carbonyl (C=O) groups is 2. The highest BCUT2D eigenvalue weighted by Crippen LogP contribution is 2.30. The Labute approximate surface area is 135 Å². The number of carboxylic acids is 1. The van der Waals surface area contributed by atoms with Crippen LogP contribution in [0.3, 0.4) is 0 Å². The zero-order chi connectivity index (χ0) is 17.9. The number of aromatic carboxylic acids is 1. The van der Waals surface area contributed by atoms with Crippen molar-refractivity contribution in [3.63, 3.8) is 0 Å². The molecule has 0 aromatic heterocycles. The van der Waals surface area contributed by atoms with E-state index in [0.717, 1.165) is 0 Å². The highest BCUT2D eigenvalue weighted by molar-refractivity contribution is 6.47. The Morgan fingerprint density at radius 1 is 1.38 bits per heavy atom. The molecule has 0 aliphatic carbocycles. The Balaban J connectivity index is 1.98. The van der Waals surface area contributed by atoms with E-state index < -0.39 is 37.5 Å². The van der Waals surface area contributed by atoms with Gasteiger partial charge in [0.25, 0.3) is 0 Å². The Hall–Kier alpha value is -2.23. The number of nitrogens with one attached hydrogen (secondary N) is 1. The fourth-order valence-corrected chi connectivity index (χ4v) is 2.44. The minimum atomic E-state index is -4.32. The molecule has 1 heterocycles. The van der Waals surface area contributed by atoms with E-state index in [9.17, 15) is 27.8 Å². The van der Waals surface area contributed by atoms with Gasteiger partial charge in [0.15, 0.2) is 0 Å². The summed E-state index contributed by atoms with van der Waals surface area (Å²) in [7, 11) is -1.48. The van der Waals surface area contributed by atoms with E-state index >= 15 is 0 Å². The molecule has 0 saturated heterocycles. The van der Waals surface area contributed by atoms with E-state index in [-0.39, 0.29) is 30.6 Å². The third kappa shape index (κ3) is 4.64. The van der Waals surface area contributed by atoms with E-state index in [0.29, 0.717) is 5.56 Å². The van der Waals surface area contributed by atoms with Gasteiger partial charge < -0.3 is 20.1 Å². The van der Waals surface area contributed by atoms with Gasteiger partial charge >= 0.3 is 19.3 Å². The molecule has 2 rings (SSSR count). The second kappa shape index (κ2) is 7.12. The summed E-state index contributed by atoms with van der Waals surface area (Å²) < 4.78 is 41.3. The third-order valence-electron chi connectivity index (χ3n) is 3.56. The van der Waals surface area contributed by atoms with Crippen LogP contribution >= 0.6 is 0 Å². The average Bonchev–Trinajstić information content (AvgIpc) is 2.46. The summed E-state index contributed by atoms with van der Waals surface area (Å²) in [4.78, 5) is 22.8. The van der Waals surface area contributed by atoms with Crippen molar-refractivity contribution >= 4 is 19.0 Å². The molecule has 6 nitrogen and oxygen atoms in total. The monoisotopic (exact) mass is 345 g/mol. The van der Waals surface area contributed by atoms with Crippen LogP contribution in [-0.2, 0) is 11.2 Å². The van der Waals surface area contributed by atoms with Crippen LogP contribution in [0.1, 0.15) is 35.2 Å². The van der Waals surface area contributed by atoms with Gasteiger partial charge in [0.05, 0.1) is 11.5 Å². The van der Waals surface area contributed by atoms with Crippen LogP contribution in [0.5, 0.6) is 5.75 Å². The van der Waals surface area contributed by atoms with Crippen LogP contribution in [0.2, 0.25) is 0 Å². The highest BCUT2D eigenvalue weighted by Gasteiger charge is 2.37. The number of para-hydroxylation sites is 1. The number of fused-ring (bicyclic) bond motifs is 1. The minimum Gasteiger partial charge on any atom is -0.534 e. The molecule has 1 atom stereocenters. The summed E-state index contributed by atoms with van der Waals surface area (Å²) in [6, 6.07) is 4.42. The molecule has 130 valence electrons. The molecule has 0 bridgehead atoms. The molecule has 1 aliphatic rings. The molecule has 1 amide bonds. The molecule has 0 fully saturated rings. The second-order valence-electron chi connectivity index (χ2n) is 5.45. The maximum atomic E-state index is 12.1. The number of benzene rings is 1. The molecule has 3 N–H and O–H groups in total. The van der Waals surface area contributed by atoms with Gasteiger partial charge in [-0.3, -0.25) is 4.79 Å². The highest BCUT2D eigenvalue weighted by atomic mass is 19.4. The number of amides is 1. The van der Waals surface area contributed by atoms with Crippen molar-refractivity contribution in [2.24, 2.45) is 0 Å². The molecule has 24 heavy (non-hydrogen) atoms. The molecule has 0 unspecified atom stereocenters. The van der Waals surface area contributed by atoms with Crippen LogP contribution in [0.15, 0.2) is 18.2 Å². The van der Waals surface area contributed by atoms with Crippen LogP contribution < -0.4 is 9.97 Å². The lowest BCUT2D eigenvalue weighted by molar-refractivity contribution is -0.137. The molecule has 1 aliphatic heterocycles. The maximum absolute atomic E-state index is 12.1. The largest absolute Gasteiger partial charge is 0.547 e. The van der Waals surface area contributed by atoms with Crippen LogP contribution in [0, 0.1) is 0 Å². The van der Waals surface area contributed by atoms with Gasteiger partial charge in [0.2, 0.25) is 5.91 Å². The Bertz CT molecular complexity index is 637. The fourth-order valence-electron chi connectivity index (χ4n) is 2.44. The van der Waals surface area contributed by atoms with E-state index in [1.165, 1.54) is 12.1 Å². The van der Waals surface area contributed by atoms with Gasteiger partial charge in [-0.25, -0.2) is 4.79 Å². The van der Waals surface area contributed by atoms with Gasteiger partial charge in [-0.15, -0.1) is 0 Å². The summed E-state index contributed by atoms with van der Waals surface area (Å²) in [6.45, 7) is 0. The zero-order valence-electron chi connectivity index (χ0n) is 12.5. The first kappa shape index (κ1) is 18.1. The summed E-state index contributed by atoms with van der Waals surface area (Å²) >= 11 is 0. The number of carboxylic acid groups (broad SMARTS) is 1. The first-order valence-electron chi connectivity index (χ1n) is 7.23. The Kier molecular flexibility index (Phi) is 5.38. The van der Waals surface area contributed by atoms with Gasteiger partial charge in [0.1, 0.15) is 5.75 Å². The second-order valence-corrected chi connectivity index (χ2v) is 5.45. The van der Waals surface area contributed by atoms with Gasteiger partial charge in [-0.1, -0.05) is 12.1 Å².